The van der Waals surface area contributed by atoms with Crippen LogP contribution < -0.4 is 14.8 Å². The first-order valence-electron chi connectivity index (χ1n) is 10.4. The highest BCUT2D eigenvalue weighted by Crippen LogP contribution is 2.34. The van der Waals surface area contributed by atoms with E-state index in [-0.39, 0.29) is 23.8 Å². The molecule has 0 bridgehead atoms. The standard InChI is InChI=1S/C25H22N2O7/c1-31-20-10-6-9-17(22(20)33-15-16-7-4-3-5-8-16)13-19-23(28)27(25(30)26-19)14-18-11-12-21(34-18)24(29)32-2/h3-13H,14-15H2,1-2H3,(H,26,30). The predicted molar refractivity (Wildman–Crippen MR) is 121 cm³/mol. The van der Waals surface area contributed by atoms with E-state index >= 15 is 0 Å². The van der Waals surface area contributed by atoms with Gasteiger partial charge >= 0.3 is 12.0 Å². The molecule has 0 saturated carbocycles. The first-order chi connectivity index (χ1) is 16.5. The number of furan rings is 1. The molecule has 0 radical (unpaired) electrons. The molecule has 1 N–H and O–H groups in total. The number of para-hydroxylation sites is 1. The van der Waals surface area contributed by atoms with Crippen LogP contribution in [-0.2, 0) is 22.7 Å². The fourth-order valence-corrected chi connectivity index (χ4v) is 3.39. The lowest BCUT2D eigenvalue weighted by molar-refractivity contribution is -0.123. The molecule has 0 aliphatic carbocycles. The van der Waals surface area contributed by atoms with E-state index in [1.54, 1.807) is 18.2 Å². The Balaban J connectivity index is 1.55. The smallest absolute Gasteiger partial charge is 0.373 e. The second kappa shape index (κ2) is 9.95. The van der Waals surface area contributed by atoms with Gasteiger partial charge in [0.25, 0.3) is 5.91 Å². The van der Waals surface area contributed by atoms with Crippen molar-refractivity contribution in [2.45, 2.75) is 13.2 Å². The van der Waals surface area contributed by atoms with Gasteiger partial charge < -0.3 is 23.9 Å². The van der Waals surface area contributed by atoms with Crippen molar-refractivity contribution in [2.24, 2.45) is 0 Å². The summed E-state index contributed by atoms with van der Waals surface area (Å²) in [4.78, 5) is 38.0. The first-order valence-corrected chi connectivity index (χ1v) is 10.4. The zero-order valence-electron chi connectivity index (χ0n) is 18.6. The summed E-state index contributed by atoms with van der Waals surface area (Å²) in [5.74, 6) is -0.0151. The molecule has 1 aromatic heterocycles. The summed E-state index contributed by atoms with van der Waals surface area (Å²) in [5.41, 5.74) is 1.60. The van der Waals surface area contributed by atoms with Crippen LogP contribution in [0.15, 0.2) is 70.8 Å². The minimum absolute atomic E-state index is 0.0168. The Labute approximate surface area is 195 Å². The summed E-state index contributed by atoms with van der Waals surface area (Å²) >= 11 is 0. The molecule has 34 heavy (non-hydrogen) atoms. The minimum atomic E-state index is -0.648. The van der Waals surface area contributed by atoms with Crippen LogP contribution in [0.5, 0.6) is 11.5 Å². The van der Waals surface area contributed by atoms with Gasteiger partial charge in [-0.2, -0.15) is 0 Å². The van der Waals surface area contributed by atoms with Crippen molar-refractivity contribution >= 4 is 24.0 Å². The molecular weight excluding hydrogens is 440 g/mol. The van der Waals surface area contributed by atoms with Gasteiger partial charge in [-0.15, -0.1) is 0 Å². The average molecular weight is 462 g/mol. The lowest BCUT2D eigenvalue weighted by Crippen LogP contribution is -2.30. The van der Waals surface area contributed by atoms with E-state index in [9.17, 15) is 14.4 Å². The Bertz CT molecular complexity index is 1250. The number of hydrogen-bond acceptors (Lipinski definition) is 7. The van der Waals surface area contributed by atoms with Crippen molar-refractivity contribution in [1.29, 1.82) is 0 Å². The quantitative estimate of drug-likeness (QED) is 0.309. The maximum atomic E-state index is 12.9. The monoisotopic (exact) mass is 462 g/mol. The first kappa shape index (κ1) is 22.7. The summed E-state index contributed by atoms with van der Waals surface area (Å²) in [6, 6.07) is 17.2. The number of amides is 3. The van der Waals surface area contributed by atoms with Gasteiger partial charge in [0.1, 0.15) is 18.1 Å². The number of methoxy groups -OCH3 is 2. The number of ether oxygens (including phenoxy) is 3. The molecule has 0 unspecified atom stereocenters. The molecule has 174 valence electrons. The van der Waals surface area contributed by atoms with Gasteiger partial charge in [-0.1, -0.05) is 42.5 Å². The van der Waals surface area contributed by atoms with Crippen molar-refractivity contribution in [3.05, 3.63) is 89.0 Å². The molecule has 0 atom stereocenters. The average Bonchev–Trinajstić information content (AvgIpc) is 3.43. The summed E-state index contributed by atoms with van der Waals surface area (Å²) in [6.07, 6.45) is 1.53. The third-order valence-corrected chi connectivity index (χ3v) is 5.08. The maximum absolute atomic E-state index is 12.9. The molecule has 3 aromatic rings. The maximum Gasteiger partial charge on any atom is 0.373 e. The molecule has 9 heteroatoms. The third-order valence-electron chi connectivity index (χ3n) is 5.08. The number of nitrogens with zero attached hydrogens (tertiary/aromatic N) is 1. The number of nitrogens with one attached hydrogen (secondary N) is 1. The van der Waals surface area contributed by atoms with E-state index in [1.165, 1.54) is 32.4 Å². The van der Waals surface area contributed by atoms with Crippen LogP contribution in [0.3, 0.4) is 0 Å². The fourth-order valence-electron chi connectivity index (χ4n) is 3.39. The summed E-state index contributed by atoms with van der Waals surface area (Å²) in [7, 11) is 2.76. The Morgan fingerprint density at radius 1 is 1.03 bits per heavy atom. The number of carbonyl (C=O) groups is 3. The van der Waals surface area contributed by atoms with Crippen LogP contribution in [0.25, 0.3) is 6.08 Å². The van der Waals surface area contributed by atoms with Gasteiger partial charge in [0.05, 0.1) is 20.8 Å². The zero-order chi connectivity index (χ0) is 24.1. The molecule has 2 heterocycles. The Morgan fingerprint density at radius 3 is 2.56 bits per heavy atom. The zero-order valence-corrected chi connectivity index (χ0v) is 18.6. The van der Waals surface area contributed by atoms with E-state index in [2.05, 4.69) is 10.1 Å². The molecule has 2 aromatic carbocycles. The SMILES string of the molecule is COC(=O)c1ccc(CN2C(=O)NC(=Cc3cccc(OC)c3OCc3ccccc3)C2=O)o1. The summed E-state index contributed by atoms with van der Waals surface area (Å²) in [6.45, 7) is 0.152. The van der Waals surface area contributed by atoms with Gasteiger partial charge in [0, 0.05) is 5.56 Å². The number of esters is 1. The molecule has 1 aliphatic rings. The van der Waals surface area contributed by atoms with Crippen LogP contribution in [0.4, 0.5) is 4.79 Å². The van der Waals surface area contributed by atoms with Crippen molar-refractivity contribution in [2.75, 3.05) is 14.2 Å². The molecule has 1 aliphatic heterocycles. The topological polar surface area (TPSA) is 107 Å². The van der Waals surface area contributed by atoms with Crippen LogP contribution in [0, 0.1) is 0 Å². The predicted octanol–water partition coefficient (Wildman–Crippen LogP) is 3.75. The van der Waals surface area contributed by atoms with E-state index in [0.717, 1.165) is 10.5 Å². The van der Waals surface area contributed by atoms with Gasteiger partial charge in [-0.3, -0.25) is 9.69 Å². The molecule has 1 saturated heterocycles. The van der Waals surface area contributed by atoms with Crippen LogP contribution in [0.1, 0.15) is 27.4 Å². The summed E-state index contributed by atoms with van der Waals surface area (Å²) in [5, 5.41) is 2.57. The van der Waals surface area contributed by atoms with E-state index < -0.39 is 17.9 Å². The highest BCUT2D eigenvalue weighted by atomic mass is 16.5. The molecule has 9 nitrogen and oxygen atoms in total. The minimum Gasteiger partial charge on any atom is -0.493 e. The van der Waals surface area contributed by atoms with Crippen molar-refractivity contribution in [1.82, 2.24) is 10.2 Å². The van der Waals surface area contributed by atoms with Crippen molar-refractivity contribution < 1.29 is 33.0 Å². The van der Waals surface area contributed by atoms with E-state index in [0.29, 0.717) is 23.7 Å². The Hall–Kier alpha value is -4.53. The van der Waals surface area contributed by atoms with Crippen LogP contribution in [0.2, 0.25) is 0 Å². The second-order valence-corrected chi connectivity index (χ2v) is 7.29. The van der Waals surface area contributed by atoms with Gasteiger partial charge in [-0.25, -0.2) is 9.59 Å². The molecular formula is C25H22N2O7. The number of imide groups is 1. The van der Waals surface area contributed by atoms with E-state index in [4.69, 9.17) is 13.9 Å². The van der Waals surface area contributed by atoms with Gasteiger partial charge in [0.15, 0.2) is 11.5 Å². The van der Waals surface area contributed by atoms with Gasteiger partial charge in [0.2, 0.25) is 5.76 Å². The number of hydrogen-bond donors (Lipinski definition) is 1. The van der Waals surface area contributed by atoms with Crippen LogP contribution in [-0.4, -0.2) is 37.0 Å². The lowest BCUT2D eigenvalue weighted by atomic mass is 10.1. The fraction of sp³-hybridized carbons (Fsp3) is 0.160. The molecule has 0 spiro atoms. The highest BCUT2D eigenvalue weighted by Gasteiger charge is 2.34. The van der Waals surface area contributed by atoms with Crippen LogP contribution >= 0.6 is 0 Å². The van der Waals surface area contributed by atoms with E-state index in [1.807, 2.05) is 30.3 Å². The molecule has 4 rings (SSSR count). The normalized spacial score (nSPS) is 14.3. The number of benzene rings is 2. The number of carbonyl (C=O) groups excluding carboxylic acids is 3. The lowest BCUT2D eigenvalue weighted by Gasteiger charge is -2.14. The Kier molecular flexibility index (Phi) is 6.63. The molecule has 1 fully saturated rings. The Morgan fingerprint density at radius 2 is 1.82 bits per heavy atom. The largest absolute Gasteiger partial charge is 0.493 e. The summed E-state index contributed by atoms with van der Waals surface area (Å²) < 4.78 is 21.4. The van der Waals surface area contributed by atoms with Crippen molar-refractivity contribution in [3.8, 4) is 11.5 Å². The molecule has 3 amide bonds. The second-order valence-electron chi connectivity index (χ2n) is 7.29. The highest BCUT2D eigenvalue weighted by molar-refractivity contribution is 6.14. The van der Waals surface area contributed by atoms with Gasteiger partial charge in [-0.05, 0) is 29.8 Å². The third kappa shape index (κ3) is 4.78. The number of rotatable bonds is 8. The van der Waals surface area contributed by atoms with Crippen molar-refractivity contribution in [3.63, 3.8) is 0 Å². The number of urea groups is 1.